The van der Waals surface area contributed by atoms with Crippen LogP contribution < -0.4 is 16.2 Å². The van der Waals surface area contributed by atoms with Crippen LogP contribution in [0.3, 0.4) is 0 Å². The van der Waals surface area contributed by atoms with Crippen molar-refractivity contribution in [2.24, 2.45) is 5.73 Å². The molecule has 0 aliphatic carbocycles. The largest absolute Gasteiger partial charge is 0.455 e. The lowest BCUT2D eigenvalue weighted by Gasteiger charge is -2.11. The van der Waals surface area contributed by atoms with Gasteiger partial charge in [-0.05, 0) is 36.4 Å². The Morgan fingerprint density at radius 2 is 1.73 bits per heavy atom. The molecule has 0 radical (unpaired) electrons. The molecular weight excluding hydrogens is 280 g/mol. The van der Waals surface area contributed by atoms with Crippen LogP contribution in [0.1, 0.15) is 34.1 Å². The Bertz CT molecular complexity index is 694. The number of nitrogens with two attached hydrogens (primary N) is 2. The van der Waals surface area contributed by atoms with Gasteiger partial charge in [0.1, 0.15) is 5.75 Å². The summed E-state index contributed by atoms with van der Waals surface area (Å²) < 4.78 is 5.69. The van der Waals surface area contributed by atoms with Gasteiger partial charge < -0.3 is 16.2 Å². The van der Waals surface area contributed by atoms with Gasteiger partial charge in [0.2, 0.25) is 0 Å². The SMILES string of the molecule is CCC(=O)c1cccc(Oc2ccc(C(=O)CN)cc2)c1N. The van der Waals surface area contributed by atoms with E-state index in [1.54, 1.807) is 49.4 Å². The second-order valence-electron chi connectivity index (χ2n) is 4.75. The maximum Gasteiger partial charge on any atom is 0.176 e. The third-order valence-corrected chi connectivity index (χ3v) is 3.28. The molecule has 0 fully saturated rings. The minimum atomic E-state index is -0.137. The summed E-state index contributed by atoms with van der Waals surface area (Å²) in [6.07, 6.45) is 0.379. The highest BCUT2D eigenvalue weighted by atomic mass is 16.5. The van der Waals surface area contributed by atoms with Gasteiger partial charge in [-0.1, -0.05) is 13.0 Å². The van der Waals surface area contributed by atoms with Gasteiger partial charge in [-0.25, -0.2) is 0 Å². The van der Waals surface area contributed by atoms with E-state index in [0.29, 0.717) is 34.7 Å². The minimum absolute atomic E-state index is 0.0334. The fourth-order valence-corrected chi connectivity index (χ4v) is 2.02. The zero-order valence-corrected chi connectivity index (χ0v) is 12.3. The molecule has 114 valence electrons. The third-order valence-electron chi connectivity index (χ3n) is 3.28. The van der Waals surface area contributed by atoms with E-state index in [-0.39, 0.29) is 18.1 Å². The van der Waals surface area contributed by atoms with Crippen molar-refractivity contribution in [2.45, 2.75) is 13.3 Å². The number of Topliss-reactive ketones (excluding diaryl/α,β-unsaturated/α-hetero) is 2. The number of para-hydroxylation sites is 1. The van der Waals surface area contributed by atoms with E-state index in [1.807, 2.05) is 0 Å². The van der Waals surface area contributed by atoms with Crippen LogP contribution in [0.15, 0.2) is 42.5 Å². The fraction of sp³-hybridized carbons (Fsp3) is 0.176. The molecule has 0 aliphatic rings. The van der Waals surface area contributed by atoms with Crippen molar-refractivity contribution < 1.29 is 14.3 Å². The van der Waals surface area contributed by atoms with Crippen LogP contribution >= 0.6 is 0 Å². The highest BCUT2D eigenvalue weighted by molar-refractivity contribution is 6.01. The first-order valence-electron chi connectivity index (χ1n) is 6.99. The Kier molecular flexibility index (Phi) is 4.91. The zero-order valence-electron chi connectivity index (χ0n) is 12.3. The first-order chi connectivity index (χ1) is 10.6. The average Bonchev–Trinajstić information content (AvgIpc) is 2.56. The summed E-state index contributed by atoms with van der Waals surface area (Å²) in [4.78, 5) is 23.3. The molecule has 22 heavy (non-hydrogen) atoms. The number of rotatable bonds is 6. The van der Waals surface area contributed by atoms with Crippen LogP contribution in [0.25, 0.3) is 0 Å². The molecule has 0 amide bonds. The molecule has 2 aromatic carbocycles. The topological polar surface area (TPSA) is 95.4 Å². The van der Waals surface area contributed by atoms with E-state index in [1.165, 1.54) is 0 Å². The molecule has 0 atom stereocenters. The Balaban J connectivity index is 2.24. The molecule has 2 rings (SSSR count). The molecule has 0 saturated heterocycles. The Hall–Kier alpha value is -2.66. The predicted octanol–water partition coefficient (Wildman–Crippen LogP) is 2.80. The molecule has 0 heterocycles. The summed E-state index contributed by atoms with van der Waals surface area (Å²) in [6.45, 7) is 1.75. The maximum absolute atomic E-state index is 11.8. The molecule has 0 saturated carbocycles. The van der Waals surface area contributed by atoms with Crippen molar-refractivity contribution in [3.63, 3.8) is 0 Å². The van der Waals surface area contributed by atoms with E-state index in [2.05, 4.69) is 0 Å². The van der Waals surface area contributed by atoms with E-state index >= 15 is 0 Å². The number of hydrogen-bond acceptors (Lipinski definition) is 5. The molecule has 0 unspecified atom stereocenters. The maximum atomic E-state index is 11.8. The van der Waals surface area contributed by atoms with Gasteiger partial charge in [-0.2, -0.15) is 0 Å². The third kappa shape index (κ3) is 3.32. The van der Waals surface area contributed by atoms with E-state index < -0.39 is 0 Å². The van der Waals surface area contributed by atoms with Crippen LogP contribution in [0.2, 0.25) is 0 Å². The molecule has 2 aromatic rings. The molecule has 5 heteroatoms. The molecule has 0 aromatic heterocycles. The molecule has 4 N–H and O–H groups in total. The lowest BCUT2D eigenvalue weighted by molar-refractivity contribution is 0.0985. The van der Waals surface area contributed by atoms with Crippen LogP contribution in [0, 0.1) is 0 Å². The standard InChI is InChI=1S/C17H18N2O3/c1-2-14(20)13-4-3-5-16(17(13)19)22-12-8-6-11(7-9-12)15(21)10-18/h3-9H,2,10,18-19H2,1H3. The number of nitrogen functional groups attached to an aromatic ring is 1. The van der Waals surface area contributed by atoms with E-state index in [0.717, 1.165) is 0 Å². The van der Waals surface area contributed by atoms with Gasteiger partial charge in [0.15, 0.2) is 17.3 Å². The highest BCUT2D eigenvalue weighted by Crippen LogP contribution is 2.30. The summed E-state index contributed by atoms with van der Waals surface area (Å²) in [5, 5.41) is 0. The Morgan fingerprint density at radius 1 is 1.05 bits per heavy atom. The highest BCUT2D eigenvalue weighted by Gasteiger charge is 2.12. The average molecular weight is 298 g/mol. The van der Waals surface area contributed by atoms with Crippen molar-refractivity contribution in [3.8, 4) is 11.5 Å². The van der Waals surface area contributed by atoms with Gasteiger partial charge in [-0.15, -0.1) is 0 Å². The molecular formula is C17H18N2O3. The quantitative estimate of drug-likeness (QED) is 0.631. The summed E-state index contributed by atoms with van der Waals surface area (Å²) in [5.74, 6) is 0.770. The number of ketones is 2. The second kappa shape index (κ2) is 6.87. The van der Waals surface area contributed by atoms with Gasteiger partial charge in [0.05, 0.1) is 12.2 Å². The molecule has 5 nitrogen and oxygen atoms in total. The Morgan fingerprint density at radius 3 is 2.32 bits per heavy atom. The van der Waals surface area contributed by atoms with Crippen LogP contribution in [-0.2, 0) is 0 Å². The Labute approximate surface area is 128 Å². The van der Waals surface area contributed by atoms with Crippen molar-refractivity contribution in [3.05, 3.63) is 53.6 Å². The van der Waals surface area contributed by atoms with Crippen LogP contribution in [0.4, 0.5) is 5.69 Å². The lowest BCUT2D eigenvalue weighted by Crippen LogP contribution is -2.13. The predicted molar refractivity (Wildman–Crippen MR) is 85.4 cm³/mol. The second-order valence-corrected chi connectivity index (χ2v) is 4.75. The number of ether oxygens (including phenoxy) is 1. The van der Waals surface area contributed by atoms with Crippen LogP contribution in [-0.4, -0.2) is 18.1 Å². The van der Waals surface area contributed by atoms with E-state index in [9.17, 15) is 9.59 Å². The summed E-state index contributed by atoms with van der Waals surface area (Å²) in [6, 6.07) is 11.7. The lowest BCUT2D eigenvalue weighted by atomic mass is 10.1. The molecule has 0 bridgehead atoms. The first-order valence-corrected chi connectivity index (χ1v) is 6.99. The van der Waals surface area contributed by atoms with Crippen LogP contribution in [0.5, 0.6) is 11.5 Å². The molecule has 0 aliphatic heterocycles. The van der Waals surface area contributed by atoms with Crippen molar-refractivity contribution in [1.82, 2.24) is 0 Å². The normalized spacial score (nSPS) is 10.3. The monoisotopic (exact) mass is 298 g/mol. The number of carbonyl (C=O) groups is 2. The number of benzene rings is 2. The van der Waals surface area contributed by atoms with Gasteiger partial charge in [0, 0.05) is 17.5 Å². The van der Waals surface area contributed by atoms with Crippen molar-refractivity contribution in [2.75, 3.05) is 12.3 Å². The summed E-state index contributed by atoms with van der Waals surface area (Å²) >= 11 is 0. The van der Waals surface area contributed by atoms with Gasteiger partial charge in [-0.3, -0.25) is 9.59 Å². The van der Waals surface area contributed by atoms with Crippen molar-refractivity contribution >= 4 is 17.3 Å². The summed E-state index contributed by atoms with van der Waals surface area (Å²) in [7, 11) is 0. The number of anilines is 1. The number of carbonyl (C=O) groups excluding carboxylic acids is 2. The van der Waals surface area contributed by atoms with Gasteiger partial charge >= 0.3 is 0 Å². The van der Waals surface area contributed by atoms with Gasteiger partial charge in [0.25, 0.3) is 0 Å². The zero-order chi connectivity index (χ0) is 16.1. The smallest absolute Gasteiger partial charge is 0.176 e. The van der Waals surface area contributed by atoms with Crippen molar-refractivity contribution in [1.29, 1.82) is 0 Å². The molecule has 0 spiro atoms. The fourth-order valence-electron chi connectivity index (χ4n) is 2.02. The summed E-state index contributed by atoms with van der Waals surface area (Å²) in [5.41, 5.74) is 12.6. The minimum Gasteiger partial charge on any atom is -0.455 e. The van der Waals surface area contributed by atoms with E-state index in [4.69, 9.17) is 16.2 Å². The first kappa shape index (κ1) is 15.7. The number of hydrogen-bond donors (Lipinski definition) is 2.